The third-order valence-corrected chi connectivity index (χ3v) is 2.47. The Kier molecular flexibility index (Phi) is 3.06. The Morgan fingerprint density at radius 2 is 2.41 bits per heavy atom. The Balaban J connectivity index is 2.37. The summed E-state index contributed by atoms with van der Waals surface area (Å²) in [7, 11) is 1.47. The van der Waals surface area contributed by atoms with E-state index in [0.717, 1.165) is 0 Å². The van der Waals surface area contributed by atoms with E-state index in [1.165, 1.54) is 18.0 Å². The molecule has 0 aliphatic carbocycles. The summed E-state index contributed by atoms with van der Waals surface area (Å²) in [6, 6.07) is 1.47. The van der Waals surface area contributed by atoms with Crippen molar-refractivity contribution in [2.75, 3.05) is 18.7 Å². The first-order chi connectivity index (χ1) is 8.11. The van der Waals surface area contributed by atoms with E-state index in [2.05, 4.69) is 5.10 Å². The first-order valence-electron chi connectivity index (χ1n) is 4.85. The van der Waals surface area contributed by atoms with Gasteiger partial charge in [0.05, 0.1) is 13.7 Å². The molecule has 0 atom stereocenters. The molecule has 0 saturated heterocycles. The van der Waals surface area contributed by atoms with Gasteiger partial charge in [0.25, 0.3) is 5.91 Å². The highest BCUT2D eigenvalue weighted by Crippen LogP contribution is 2.15. The summed E-state index contributed by atoms with van der Waals surface area (Å²) in [5.74, 6) is -0.266. The maximum Gasteiger partial charge on any atom is 0.269 e. The van der Waals surface area contributed by atoms with Gasteiger partial charge in [-0.1, -0.05) is 11.6 Å². The van der Waals surface area contributed by atoms with Crippen molar-refractivity contribution in [1.29, 1.82) is 0 Å². The Labute approximate surface area is 103 Å². The summed E-state index contributed by atoms with van der Waals surface area (Å²) in [6.07, 6.45) is 5.26. The van der Waals surface area contributed by atoms with Crippen molar-refractivity contribution in [2.24, 2.45) is 5.73 Å². The Morgan fingerprint density at radius 1 is 1.65 bits per heavy atom. The first kappa shape index (κ1) is 11.5. The van der Waals surface area contributed by atoms with E-state index in [9.17, 15) is 4.79 Å². The van der Waals surface area contributed by atoms with Crippen LogP contribution >= 0.6 is 11.6 Å². The highest BCUT2D eigenvalue weighted by atomic mass is 35.5. The summed E-state index contributed by atoms with van der Waals surface area (Å²) >= 11 is 5.91. The lowest BCUT2D eigenvalue weighted by Gasteiger charge is -2.23. The Bertz CT molecular complexity index is 506. The number of rotatable bonds is 3. The van der Waals surface area contributed by atoms with Crippen LogP contribution in [0.25, 0.3) is 0 Å². The normalized spacial score (nSPS) is 14.7. The van der Waals surface area contributed by atoms with Crippen LogP contribution in [0.4, 0.5) is 0 Å². The lowest BCUT2D eigenvalue weighted by Crippen LogP contribution is -2.36. The summed E-state index contributed by atoms with van der Waals surface area (Å²) < 4.78 is 4.97. The average Bonchev–Trinajstić information content (AvgIpc) is 2.73. The molecule has 2 heterocycles. The fourth-order valence-electron chi connectivity index (χ4n) is 1.45. The molecule has 2 N–H and O–H groups in total. The molecule has 0 radical (unpaired) electrons. The summed E-state index contributed by atoms with van der Waals surface area (Å²) in [6.45, 7) is 0.420. The second-order valence-electron chi connectivity index (χ2n) is 3.38. The third-order valence-electron chi connectivity index (χ3n) is 2.22. The lowest BCUT2D eigenvalue weighted by molar-refractivity contribution is 0.0990. The van der Waals surface area contributed by atoms with E-state index >= 15 is 0 Å². The van der Waals surface area contributed by atoms with Gasteiger partial charge in [0.2, 0.25) is 5.88 Å². The van der Waals surface area contributed by atoms with Gasteiger partial charge in [-0.15, -0.1) is 5.10 Å². The third kappa shape index (κ3) is 2.26. The predicted molar refractivity (Wildman–Crippen MR) is 63.5 cm³/mol. The number of aromatic nitrogens is 2. The van der Waals surface area contributed by atoms with Crippen molar-refractivity contribution in [1.82, 2.24) is 9.89 Å². The van der Waals surface area contributed by atoms with Crippen molar-refractivity contribution in [3.05, 3.63) is 35.1 Å². The van der Waals surface area contributed by atoms with Crippen LogP contribution in [0.15, 0.2) is 29.5 Å². The molecule has 17 heavy (non-hydrogen) atoms. The van der Waals surface area contributed by atoms with Crippen LogP contribution in [-0.2, 0) is 0 Å². The van der Waals surface area contributed by atoms with Crippen molar-refractivity contribution < 1.29 is 9.53 Å². The van der Waals surface area contributed by atoms with Crippen LogP contribution in [0.1, 0.15) is 10.5 Å². The van der Waals surface area contributed by atoms with E-state index in [-0.39, 0.29) is 5.69 Å². The van der Waals surface area contributed by atoms with E-state index in [4.69, 9.17) is 22.1 Å². The molecular weight excluding hydrogens is 244 g/mol. The highest BCUT2D eigenvalue weighted by molar-refractivity contribution is 6.30. The number of nitrogens with two attached hydrogens (primary N) is 1. The number of carbonyl (C=O) groups is 1. The molecule has 0 aromatic carbocycles. The summed E-state index contributed by atoms with van der Waals surface area (Å²) in [5.41, 5.74) is 5.50. The van der Waals surface area contributed by atoms with Gasteiger partial charge in [0.15, 0.2) is 5.69 Å². The SMILES string of the molecule is COc1cc(C(N)=O)n(N2C=CC=C(Cl)C2)n1. The molecule has 90 valence electrons. The maximum atomic E-state index is 11.3. The number of ether oxygens (including phenoxy) is 1. The number of amides is 1. The van der Waals surface area contributed by atoms with Crippen molar-refractivity contribution >= 4 is 17.5 Å². The summed E-state index contributed by atoms with van der Waals surface area (Å²) in [4.78, 5) is 12.7. The van der Waals surface area contributed by atoms with Crippen LogP contribution in [0.5, 0.6) is 5.88 Å². The Morgan fingerprint density at radius 3 is 3.00 bits per heavy atom. The molecule has 0 spiro atoms. The van der Waals surface area contributed by atoms with Crippen LogP contribution < -0.4 is 15.5 Å². The number of carbonyl (C=O) groups excluding carboxylic acids is 1. The number of hydrogen-bond acceptors (Lipinski definition) is 4. The van der Waals surface area contributed by atoms with E-state index in [1.54, 1.807) is 23.4 Å². The quantitative estimate of drug-likeness (QED) is 0.856. The Hall–Kier alpha value is -1.95. The number of methoxy groups -OCH3 is 1. The van der Waals surface area contributed by atoms with Crippen molar-refractivity contribution in [2.45, 2.75) is 0 Å². The van der Waals surface area contributed by atoms with Gasteiger partial charge < -0.3 is 10.5 Å². The van der Waals surface area contributed by atoms with Gasteiger partial charge in [-0.25, -0.2) is 0 Å². The number of primary amides is 1. The highest BCUT2D eigenvalue weighted by Gasteiger charge is 2.18. The zero-order valence-corrected chi connectivity index (χ0v) is 9.89. The number of allylic oxidation sites excluding steroid dienone is 2. The molecule has 1 aliphatic rings. The predicted octanol–water partition coefficient (Wildman–Crippen LogP) is 0.579. The van der Waals surface area contributed by atoms with Gasteiger partial charge in [0, 0.05) is 17.3 Å². The molecule has 1 aliphatic heterocycles. The largest absolute Gasteiger partial charge is 0.480 e. The monoisotopic (exact) mass is 254 g/mol. The fourth-order valence-corrected chi connectivity index (χ4v) is 1.65. The molecule has 0 fully saturated rings. The molecule has 0 saturated carbocycles. The van der Waals surface area contributed by atoms with Gasteiger partial charge >= 0.3 is 0 Å². The number of hydrogen-bond donors (Lipinski definition) is 1. The van der Waals surface area contributed by atoms with Crippen molar-refractivity contribution in [3.8, 4) is 5.88 Å². The van der Waals surface area contributed by atoms with E-state index < -0.39 is 5.91 Å². The molecule has 0 bridgehead atoms. The van der Waals surface area contributed by atoms with Gasteiger partial charge in [-0.3, -0.25) is 9.80 Å². The molecule has 1 amide bonds. The van der Waals surface area contributed by atoms with Crippen LogP contribution in [-0.4, -0.2) is 29.5 Å². The minimum Gasteiger partial charge on any atom is -0.480 e. The topological polar surface area (TPSA) is 73.4 Å². The second kappa shape index (κ2) is 4.50. The van der Waals surface area contributed by atoms with Crippen LogP contribution in [0.3, 0.4) is 0 Å². The van der Waals surface area contributed by atoms with Gasteiger partial charge in [-0.2, -0.15) is 4.79 Å². The van der Waals surface area contributed by atoms with Crippen molar-refractivity contribution in [3.63, 3.8) is 0 Å². The minimum absolute atomic E-state index is 0.234. The minimum atomic E-state index is -0.583. The number of nitrogens with zero attached hydrogens (tertiary/aromatic N) is 3. The first-order valence-corrected chi connectivity index (χ1v) is 5.23. The zero-order valence-electron chi connectivity index (χ0n) is 9.13. The lowest BCUT2D eigenvalue weighted by atomic mass is 10.4. The standard InChI is InChI=1S/C10H11ClN4O2/c1-17-9-5-8(10(12)16)15(13-9)14-4-2-3-7(11)6-14/h2-5H,6H2,1H3,(H2,12,16). The van der Waals surface area contributed by atoms with E-state index in [1.807, 2.05) is 0 Å². The van der Waals surface area contributed by atoms with E-state index in [0.29, 0.717) is 17.5 Å². The molecule has 0 unspecified atom stereocenters. The number of halogens is 1. The second-order valence-corrected chi connectivity index (χ2v) is 3.86. The van der Waals surface area contributed by atoms with Gasteiger partial charge in [0.1, 0.15) is 0 Å². The maximum absolute atomic E-state index is 11.3. The van der Waals surface area contributed by atoms with Gasteiger partial charge in [-0.05, 0) is 12.2 Å². The average molecular weight is 255 g/mol. The van der Waals surface area contributed by atoms with Crippen LogP contribution in [0.2, 0.25) is 0 Å². The van der Waals surface area contributed by atoms with Crippen LogP contribution in [0, 0.1) is 0 Å². The smallest absolute Gasteiger partial charge is 0.269 e. The molecule has 1 aromatic rings. The molecular formula is C10H11ClN4O2. The molecule has 6 nitrogen and oxygen atoms in total. The molecule has 1 aromatic heterocycles. The fraction of sp³-hybridized carbons (Fsp3) is 0.200. The molecule has 7 heteroatoms. The molecule has 2 rings (SSSR count). The zero-order chi connectivity index (χ0) is 12.4. The summed E-state index contributed by atoms with van der Waals surface area (Å²) in [5, 5.41) is 6.38.